The minimum Gasteiger partial charge on any atom is -0.349 e. The molecule has 0 bridgehead atoms. The molecule has 0 radical (unpaired) electrons. The first-order chi connectivity index (χ1) is 7.20. The molecule has 2 nitrogen and oxygen atoms in total. The number of rotatable bonds is 2. The van der Waals surface area contributed by atoms with Crippen LogP contribution < -0.4 is 0 Å². The minimum absolute atomic E-state index is 0.0210. The van der Waals surface area contributed by atoms with E-state index in [1.54, 1.807) is 0 Å². The lowest BCUT2D eigenvalue weighted by Gasteiger charge is -2.30. The van der Waals surface area contributed by atoms with Crippen molar-refractivity contribution in [1.82, 2.24) is 0 Å². The summed E-state index contributed by atoms with van der Waals surface area (Å²) < 4.78 is 11.5. The van der Waals surface area contributed by atoms with Crippen LogP contribution in [0.1, 0.15) is 26.7 Å². The van der Waals surface area contributed by atoms with Gasteiger partial charge in [-0.3, -0.25) is 0 Å². The first-order valence-electron chi connectivity index (χ1n) is 5.77. The van der Waals surface area contributed by atoms with Crippen molar-refractivity contribution in [1.29, 1.82) is 0 Å². The molecule has 0 spiro atoms. The molecule has 0 N–H and O–H groups in total. The first kappa shape index (κ1) is 10.9. The van der Waals surface area contributed by atoms with Crippen LogP contribution in [-0.4, -0.2) is 19.0 Å². The highest BCUT2D eigenvalue weighted by molar-refractivity contribution is 5.07. The van der Waals surface area contributed by atoms with Gasteiger partial charge in [-0.2, -0.15) is 0 Å². The van der Waals surface area contributed by atoms with Crippen molar-refractivity contribution in [2.24, 2.45) is 11.8 Å². The zero-order chi connectivity index (χ0) is 10.8. The van der Waals surface area contributed by atoms with E-state index in [2.05, 4.69) is 26.5 Å². The van der Waals surface area contributed by atoms with Gasteiger partial charge in [0, 0.05) is 5.92 Å². The van der Waals surface area contributed by atoms with Crippen molar-refractivity contribution in [3.8, 4) is 0 Å². The van der Waals surface area contributed by atoms with Crippen LogP contribution >= 0.6 is 0 Å². The molecule has 4 atom stereocenters. The summed E-state index contributed by atoms with van der Waals surface area (Å²) in [7, 11) is 0. The molecule has 0 amide bonds. The van der Waals surface area contributed by atoms with E-state index < -0.39 is 0 Å². The molecule has 84 valence electrons. The summed E-state index contributed by atoms with van der Waals surface area (Å²) in [5, 5.41) is 0. The van der Waals surface area contributed by atoms with Gasteiger partial charge in [-0.1, -0.05) is 24.6 Å². The SMILES string of the molecule is C=CC1COC(C2CCC(C)=CC2C)O1. The Bertz CT molecular complexity index is 270. The molecule has 15 heavy (non-hydrogen) atoms. The van der Waals surface area contributed by atoms with Crippen LogP contribution in [-0.2, 0) is 9.47 Å². The van der Waals surface area contributed by atoms with Gasteiger partial charge < -0.3 is 9.47 Å². The van der Waals surface area contributed by atoms with Gasteiger partial charge in [0.05, 0.1) is 6.61 Å². The van der Waals surface area contributed by atoms with E-state index in [4.69, 9.17) is 9.47 Å². The lowest BCUT2D eigenvalue weighted by Crippen LogP contribution is -2.29. The fraction of sp³-hybridized carbons (Fsp3) is 0.692. The van der Waals surface area contributed by atoms with E-state index in [1.807, 2.05) is 6.08 Å². The van der Waals surface area contributed by atoms with E-state index in [0.29, 0.717) is 18.4 Å². The fourth-order valence-corrected chi connectivity index (χ4v) is 2.49. The maximum Gasteiger partial charge on any atom is 0.161 e. The Hall–Kier alpha value is -0.600. The fourth-order valence-electron chi connectivity index (χ4n) is 2.49. The van der Waals surface area contributed by atoms with Crippen LogP contribution in [0.2, 0.25) is 0 Å². The Balaban J connectivity index is 1.97. The second kappa shape index (κ2) is 4.50. The number of ether oxygens (including phenoxy) is 2. The average molecular weight is 208 g/mol. The molecule has 2 heteroatoms. The van der Waals surface area contributed by atoms with Crippen LogP contribution in [0.3, 0.4) is 0 Å². The Morgan fingerprint density at radius 3 is 2.93 bits per heavy atom. The highest BCUT2D eigenvalue weighted by Gasteiger charge is 2.35. The number of hydrogen-bond acceptors (Lipinski definition) is 2. The van der Waals surface area contributed by atoms with Gasteiger partial charge in [-0.05, 0) is 25.7 Å². The van der Waals surface area contributed by atoms with Gasteiger partial charge in [0.1, 0.15) is 6.10 Å². The van der Waals surface area contributed by atoms with Crippen LogP contribution in [0.5, 0.6) is 0 Å². The highest BCUT2D eigenvalue weighted by Crippen LogP contribution is 2.34. The van der Waals surface area contributed by atoms with Crippen LogP contribution in [0.25, 0.3) is 0 Å². The van der Waals surface area contributed by atoms with Crippen molar-refractivity contribution in [2.45, 2.75) is 39.1 Å². The van der Waals surface area contributed by atoms with Crippen LogP contribution in [0, 0.1) is 11.8 Å². The normalized spacial score (nSPS) is 41.3. The number of allylic oxidation sites excluding steroid dienone is 2. The summed E-state index contributed by atoms with van der Waals surface area (Å²) in [6, 6.07) is 0. The third kappa shape index (κ3) is 2.32. The van der Waals surface area contributed by atoms with Gasteiger partial charge in [0.15, 0.2) is 6.29 Å². The van der Waals surface area contributed by atoms with E-state index in [9.17, 15) is 0 Å². The van der Waals surface area contributed by atoms with Gasteiger partial charge >= 0.3 is 0 Å². The molecule has 1 aliphatic heterocycles. The van der Waals surface area contributed by atoms with Crippen molar-refractivity contribution < 1.29 is 9.47 Å². The van der Waals surface area contributed by atoms with Crippen molar-refractivity contribution in [2.75, 3.05) is 6.61 Å². The average Bonchev–Trinajstić information content (AvgIpc) is 2.66. The summed E-state index contributed by atoms with van der Waals surface area (Å²) >= 11 is 0. The monoisotopic (exact) mass is 208 g/mol. The van der Waals surface area contributed by atoms with Crippen LogP contribution in [0.4, 0.5) is 0 Å². The van der Waals surface area contributed by atoms with E-state index >= 15 is 0 Å². The molecule has 0 aromatic rings. The predicted molar refractivity (Wildman–Crippen MR) is 60.5 cm³/mol. The standard InChI is InChI=1S/C13H20O2/c1-4-11-8-14-13(15-11)12-6-5-9(2)7-10(12)3/h4,7,10-13H,1,5-6,8H2,2-3H3. The van der Waals surface area contributed by atoms with Crippen molar-refractivity contribution in [3.05, 3.63) is 24.3 Å². The van der Waals surface area contributed by atoms with Crippen molar-refractivity contribution in [3.63, 3.8) is 0 Å². The van der Waals surface area contributed by atoms with Gasteiger partial charge in [0.2, 0.25) is 0 Å². The molecule has 4 unspecified atom stereocenters. The lowest BCUT2D eigenvalue weighted by molar-refractivity contribution is -0.103. The first-order valence-corrected chi connectivity index (χ1v) is 5.77. The smallest absolute Gasteiger partial charge is 0.161 e. The van der Waals surface area contributed by atoms with E-state index in [-0.39, 0.29) is 12.4 Å². The third-order valence-corrected chi connectivity index (χ3v) is 3.44. The minimum atomic E-state index is -0.0210. The summed E-state index contributed by atoms with van der Waals surface area (Å²) in [5.41, 5.74) is 1.50. The van der Waals surface area contributed by atoms with E-state index in [0.717, 1.165) is 0 Å². The molecular weight excluding hydrogens is 188 g/mol. The maximum atomic E-state index is 5.79. The summed E-state index contributed by atoms with van der Waals surface area (Å²) in [6.45, 7) is 8.86. The Kier molecular flexibility index (Phi) is 3.27. The molecule has 0 saturated carbocycles. The highest BCUT2D eigenvalue weighted by atomic mass is 16.7. The molecule has 0 aromatic heterocycles. The molecule has 2 aliphatic rings. The zero-order valence-corrected chi connectivity index (χ0v) is 9.61. The molecule has 0 aromatic carbocycles. The van der Waals surface area contributed by atoms with Crippen molar-refractivity contribution >= 4 is 0 Å². The number of hydrogen-bond donors (Lipinski definition) is 0. The van der Waals surface area contributed by atoms with E-state index in [1.165, 1.54) is 18.4 Å². The van der Waals surface area contributed by atoms with Gasteiger partial charge in [0.25, 0.3) is 0 Å². The van der Waals surface area contributed by atoms with Gasteiger partial charge in [-0.15, -0.1) is 6.58 Å². The Morgan fingerprint density at radius 1 is 1.53 bits per heavy atom. The second-order valence-corrected chi connectivity index (χ2v) is 4.69. The molecule has 1 heterocycles. The zero-order valence-electron chi connectivity index (χ0n) is 9.61. The maximum absolute atomic E-state index is 5.79. The Labute approximate surface area is 92.0 Å². The molecule has 1 saturated heterocycles. The second-order valence-electron chi connectivity index (χ2n) is 4.69. The molecule has 1 aliphatic carbocycles. The third-order valence-electron chi connectivity index (χ3n) is 3.44. The predicted octanol–water partition coefficient (Wildman–Crippen LogP) is 2.91. The summed E-state index contributed by atoms with van der Waals surface area (Å²) in [5.74, 6) is 1.07. The quantitative estimate of drug-likeness (QED) is 0.650. The summed E-state index contributed by atoms with van der Waals surface area (Å²) in [6.07, 6.45) is 6.60. The summed E-state index contributed by atoms with van der Waals surface area (Å²) in [4.78, 5) is 0. The van der Waals surface area contributed by atoms with Gasteiger partial charge in [-0.25, -0.2) is 0 Å². The lowest BCUT2D eigenvalue weighted by atomic mass is 9.82. The molecular formula is C13H20O2. The Morgan fingerprint density at radius 2 is 2.33 bits per heavy atom. The topological polar surface area (TPSA) is 18.5 Å². The largest absolute Gasteiger partial charge is 0.349 e. The van der Waals surface area contributed by atoms with Crippen LogP contribution in [0.15, 0.2) is 24.3 Å². The molecule has 2 rings (SSSR count). The molecule has 1 fully saturated rings.